The first-order chi connectivity index (χ1) is 12.9. The van der Waals surface area contributed by atoms with Crippen LogP contribution in [-0.4, -0.2) is 37.1 Å². The molecule has 9 heteroatoms. The van der Waals surface area contributed by atoms with Crippen molar-refractivity contribution in [2.24, 2.45) is 0 Å². The van der Waals surface area contributed by atoms with E-state index in [0.717, 1.165) is 9.87 Å². The molecular formula is C19H23N3O5S. The van der Waals surface area contributed by atoms with Crippen LogP contribution in [0.1, 0.15) is 22.3 Å². The highest BCUT2D eigenvalue weighted by atomic mass is 32.2. The van der Waals surface area contributed by atoms with E-state index in [1.54, 1.807) is 32.9 Å². The number of benzene rings is 2. The average Bonchev–Trinajstić information content (AvgIpc) is 2.55. The third kappa shape index (κ3) is 4.55. The summed E-state index contributed by atoms with van der Waals surface area (Å²) in [6.07, 6.45) is 0. The number of non-ortho nitro benzene ring substituents is 1. The number of anilines is 1. The molecule has 0 aliphatic heterocycles. The maximum absolute atomic E-state index is 12.9. The van der Waals surface area contributed by atoms with Gasteiger partial charge in [-0.25, -0.2) is 8.42 Å². The lowest BCUT2D eigenvalue weighted by molar-refractivity contribution is -0.384. The third-order valence-electron chi connectivity index (χ3n) is 4.35. The van der Waals surface area contributed by atoms with Crippen molar-refractivity contribution in [3.05, 3.63) is 62.7 Å². The summed E-state index contributed by atoms with van der Waals surface area (Å²) >= 11 is 0. The SMILES string of the molecule is Cc1cc(C)c(S(=O)(=O)N(C)CC(=O)Nc2cc([N+](=O)[O-])ccc2C)c(C)c1. The van der Waals surface area contributed by atoms with Crippen molar-refractivity contribution in [2.75, 3.05) is 18.9 Å². The van der Waals surface area contributed by atoms with Crippen LogP contribution in [0.2, 0.25) is 0 Å². The first-order valence-corrected chi connectivity index (χ1v) is 9.96. The fourth-order valence-corrected chi connectivity index (χ4v) is 4.60. The van der Waals surface area contributed by atoms with Gasteiger partial charge in [-0.05, 0) is 44.4 Å². The molecule has 0 aromatic heterocycles. The molecule has 0 saturated heterocycles. The Bertz CT molecular complexity index is 1020. The van der Waals surface area contributed by atoms with Gasteiger partial charge in [0.1, 0.15) is 0 Å². The summed E-state index contributed by atoms with van der Waals surface area (Å²) in [5.74, 6) is -0.586. The van der Waals surface area contributed by atoms with E-state index in [9.17, 15) is 23.3 Å². The molecule has 0 spiro atoms. The van der Waals surface area contributed by atoms with Crippen LogP contribution in [0.3, 0.4) is 0 Å². The predicted octanol–water partition coefficient (Wildman–Crippen LogP) is 3.09. The standard InChI is InChI=1S/C19H23N3O5S/c1-12-8-14(3)19(15(4)9-12)28(26,27)21(5)11-18(23)20-17-10-16(22(24)25)7-6-13(17)2/h6-10H,11H2,1-5H3,(H,20,23). The van der Waals surface area contributed by atoms with Crippen molar-refractivity contribution in [3.8, 4) is 0 Å². The minimum absolute atomic E-state index is 0.159. The Morgan fingerprint density at radius 1 is 1.07 bits per heavy atom. The van der Waals surface area contributed by atoms with Crippen molar-refractivity contribution in [1.29, 1.82) is 0 Å². The van der Waals surface area contributed by atoms with Gasteiger partial charge in [0.05, 0.1) is 22.1 Å². The molecule has 2 rings (SSSR count). The van der Waals surface area contributed by atoms with Gasteiger partial charge in [0.15, 0.2) is 0 Å². The molecular weight excluding hydrogens is 382 g/mol. The number of sulfonamides is 1. The molecule has 0 bridgehead atoms. The van der Waals surface area contributed by atoms with Crippen LogP contribution in [0.15, 0.2) is 35.2 Å². The number of aryl methyl sites for hydroxylation is 4. The summed E-state index contributed by atoms with van der Waals surface area (Å²) in [4.78, 5) is 22.9. The quantitative estimate of drug-likeness (QED) is 0.587. The van der Waals surface area contributed by atoms with Crippen LogP contribution in [0, 0.1) is 37.8 Å². The minimum atomic E-state index is -3.87. The van der Waals surface area contributed by atoms with E-state index in [1.165, 1.54) is 25.2 Å². The number of hydrogen-bond acceptors (Lipinski definition) is 5. The minimum Gasteiger partial charge on any atom is -0.324 e. The summed E-state index contributed by atoms with van der Waals surface area (Å²) in [5, 5.41) is 13.5. The molecule has 0 heterocycles. The highest BCUT2D eigenvalue weighted by Crippen LogP contribution is 2.25. The van der Waals surface area contributed by atoms with Gasteiger partial charge in [0.25, 0.3) is 5.69 Å². The molecule has 0 atom stereocenters. The zero-order valence-corrected chi connectivity index (χ0v) is 17.3. The van der Waals surface area contributed by atoms with Crippen LogP contribution >= 0.6 is 0 Å². The summed E-state index contributed by atoms with van der Waals surface area (Å²) in [6, 6.07) is 7.66. The third-order valence-corrected chi connectivity index (χ3v) is 6.45. The number of likely N-dealkylation sites (N-methyl/N-ethyl adjacent to an activating group) is 1. The Balaban J connectivity index is 2.23. The molecule has 0 fully saturated rings. The monoisotopic (exact) mass is 405 g/mol. The van der Waals surface area contributed by atoms with Crippen LogP contribution in [0.4, 0.5) is 11.4 Å². The zero-order chi connectivity index (χ0) is 21.2. The number of nitro benzene ring substituents is 1. The van der Waals surface area contributed by atoms with E-state index >= 15 is 0 Å². The number of amides is 1. The van der Waals surface area contributed by atoms with Crippen molar-refractivity contribution in [1.82, 2.24) is 4.31 Å². The first kappa shape index (κ1) is 21.5. The summed E-state index contributed by atoms with van der Waals surface area (Å²) in [5.41, 5.74) is 2.92. The molecule has 28 heavy (non-hydrogen) atoms. The molecule has 0 radical (unpaired) electrons. The Labute approximate surface area is 164 Å². The number of carbonyl (C=O) groups is 1. The zero-order valence-electron chi connectivity index (χ0n) is 16.4. The molecule has 2 aromatic rings. The highest BCUT2D eigenvalue weighted by Gasteiger charge is 2.27. The lowest BCUT2D eigenvalue weighted by Gasteiger charge is -2.20. The molecule has 1 N–H and O–H groups in total. The second-order valence-corrected chi connectivity index (χ2v) is 8.78. The van der Waals surface area contributed by atoms with Gasteiger partial charge >= 0.3 is 0 Å². The smallest absolute Gasteiger partial charge is 0.271 e. The molecule has 8 nitrogen and oxygen atoms in total. The van der Waals surface area contributed by atoms with Gasteiger partial charge in [-0.3, -0.25) is 14.9 Å². The Hall–Kier alpha value is -2.78. The summed E-state index contributed by atoms with van der Waals surface area (Å²) < 4.78 is 26.9. The van der Waals surface area contributed by atoms with Crippen molar-refractivity contribution >= 4 is 27.3 Å². The van der Waals surface area contributed by atoms with Crippen LogP contribution < -0.4 is 5.32 Å². The van der Waals surface area contributed by atoms with E-state index in [2.05, 4.69) is 5.32 Å². The maximum atomic E-state index is 12.9. The maximum Gasteiger partial charge on any atom is 0.271 e. The van der Waals surface area contributed by atoms with Gasteiger partial charge in [-0.15, -0.1) is 0 Å². The Morgan fingerprint density at radius 3 is 2.18 bits per heavy atom. The van der Waals surface area contributed by atoms with Gasteiger partial charge < -0.3 is 5.32 Å². The predicted molar refractivity (Wildman–Crippen MR) is 107 cm³/mol. The normalized spacial score (nSPS) is 11.5. The fourth-order valence-electron chi connectivity index (χ4n) is 3.06. The van der Waals surface area contributed by atoms with E-state index in [4.69, 9.17) is 0 Å². The van der Waals surface area contributed by atoms with Gasteiger partial charge in [0.2, 0.25) is 15.9 Å². The first-order valence-electron chi connectivity index (χ1n) is 8.52. The Kier molecular flexibility index (Phi) is 6.20. The second-order valence-electron chi connectivity index (χ2n) is 6.79. The van der Waals surface area contributed by atoms with E-state index < -0.39 is 27.4 Å². The number of nitro groups is 1. The molecule has 0 unspecified atom stereocenters. The number of rotatable bonds is 6. The van der Waals surface area contributed by atoms with E-state index in [-0.39, 0.29) is 16.3 Å². The van der Waals surface area contributed by atoms with Crippen molar-refractivity contribution in [2.45, 2.75) is 32.6 Å². The molecule has 0 aliphatic rings. The highest BCUT2D eigenvalue weighted by molar-refractivity contribution is 7.89. The number of nitrogens with zero attached hydrogens (tertiary/aromatic N) is 2. The number of nitrogens with one attached hydrogen (secondary N) is 1. The molecule has 0 aliphatic carbocycles. The Morgan fingerprint density at radius 2 is 1.64 bits per heavy atom. The summed E-state index contributed by atoms with van der Waals surface area (Å²) in [6.45, 7) is 6.59. The molecule has 0 saturated carbocycles. The molecule has 2 aromatic carbocycles. The average molecular weight is 405 g/mol. The molecule has 1 amide bonds. The second kappa shape index (κ2) is 8.07. The van der Waals surface area contributed by atoms with E-state index in [1.807, 2.05) is 6.92 Å². The van der Waals surface area contributed by atoms with Gasteiger partial charge in [-0.1, -0.05) is 23.8 Å². The van der Waals surface area contributed by atoms with Crippen molar-refractivity contribution in [3.63, 3.8) is 0 Å². The van der Waals surface area contributed by atoms with Crippen LogP contribution in [0.25, 0.3) is 0 Å². The van der Waals surface area contributed by atoms with Crippen molar-refractivity contribution < 1.29 is 18.1 Å². The number of hydrogen-bond donors (Lipinski definition) is 1. The fraction of sp³-hybridized carbons (Fsp3) is 0.316. The van der Waals surface area contributed by atoms with Gasteiger partial charge in [0, 0.05) is 19.2 Å². The lowest BCUT2D eigenvalue weighted by atomic mass is 10.1. The van der Waals surface area contributed by atoms with Crippen LogP contribution in [0.5, 0.6) is 0 Å². The lowest BCUT2D eigenvalue weighted by Crippen LogP contribution is -2.35. The van der Waals surface area contributed by atoms with Gasteiger partial charge in [-0.2, -0.15) is 4.31 Å². The largest absolute Gasteiger partial charge is 0.324 e. The topological polar surface area (TPSA) is 110 Å². The summed E-state index contributed by atoms with van der Waals surface area (Å²) in [7, 11) is -2.54. The van der Waals surface area contributed by atoms with E-state index in [0.29, 0.717) is 16.7 Å². The number of carbonyl (C=O) groups excluding carboxylic acids is 1. The molecule has 150 valence electrons. The van der Waals surface area contributed by atoms with Crippen LogP contribution in [-0.2, 0) is 14.8 Å².